The van der Waals surface area contributed by atoms with E-state index >= 15 is 0 Å². The first-order chi connectivity index (χ1) is 13.9. The summed E-state index contributed by atoms with van der Waals surface area (Å²) < 4.78 is 0. The fourth-order valence-corrected chi connectivity index (χ4v) is 2.87. The maximum atomic E-state index is 12.0. The molecule has 174 valence electrons. The van der Waals surface area contributed by atoms with Gasteiger partial charge in [-0.1, -0.05) is 27.2 Å². The predicted octanol–water partition coefficient (Wildman–Crippen LogP) is 1.32. The van der Waals surface area contributed by atoms with E-state index in [-0.39, 0.29) is 11.9 Å². The molecule has 0 saturated heterocycles. The molecule has 0 aromatic rings. The number of rotatable bonds is 20. The highest BCUT2D eigenvalue weighted by Crippen LogP contribution is 2.16. The summed E-state index contributed by atoms with van der Waals surface area (Å²) in [4.78, 5) is 12.0. The van der Waals surface area contributed by atoms with E-state index in [0.717, 1.165) is 84.3 Å². The Morgan fingerprint density at radius 3 is 1.86 bits per heavy atom. The predicted molar refractivity (Wildman–Crippen MR) is 125 cm³/mol. The molecule has 1 amide bonds. The summed E-state index contributed by atoms with van der Waals surface area (Å²) in [6, 6.07) is -0.385. The van der Waals surface area contributed by atoms with Crippen molar-refractivity contribution in [2.45, 2.75) is 78.2 Å². The molecule has 0 heterocycles. The fourth-order valence-electron chi connectivity index (χ4n) is 2.87. The Morgan fingerprint density at radius 2 is 1.28 bits per heavy atom. The lowest BCUT2D eigenvalue weighted by Crippen LogP contribution is -2.41. The van der Waals surface area contributed by atoms with Crippen LogP contribution in [0.15, 0.2) is 0 Å². The summed E-state index contributed by atoms with van der Waals surface area (Å²) in [6.07, 6.45) is 8.30. The Hall–Kier alpha value is -0.730. The third-order valence-electron chi connectivity index (χ3n) is 4.85. The van der Waals surface area contributed by atoms with Gasteiger partial charge in [0.05, 0.1) is 6.04 Å². The Kier molecular flexibility index (Phi) is 18.8. The maximum Gasteiger partial charge on any atom is 0.236 e. The average molecular weight is 415 g/mol. The first kappa shape index (κ1) is 28.3. The number of hydrogen-bond donors (Lipinski definition) is 6. The van der Waals surface area contributed by atoms with Crippen LogP contribution in [0.2, 0.25) is 0 Å². The van der Waals surface area contributed by atoms with Gasteiger partial charge < -0.3 is 32.7 Å². The second kappa shape index (κ2) is 19.2. The highest BCUT2D eigenvalue weighted by Gasteiger charge is 2.12. The number of unbranched alkanes of at least 4 members (excludes halogenated alkanes) is 2. The molecule has 0 radical (unpaired) electrons. The van der Waals surface area contributed by atoms with Gasteiger partial charge >= 0.3 is 0 Å². The molecule has 0 bridgehead atoms. The van der Waals surface area contributed by atoms with Crippen LogP contribution < -0.4 is 32.7 Å². The van der Waals surface area contributed by atoms with Gasteiger partial charge in [0.1, 0.15) is 0 Å². The lowest BCUT2D eigenvalue weighted by molar-refractivity contribution is -0.122. The van der Waals surface area contributed by atoms with Gasteiger partial charge in [0.25, 0.3) is 0 Å². The van der Waals surface area contributed by atoms with Crippen LogP contribution in [0, 0.1) is 5.41 Å². The number of carbonyl (C=O) groups excluding carboxylic acids is 1. The Balaban J connectivity index is 3.36. The lowest BCUT2D eigenvalue weighted by atomic mass is 9.92. The molecular formula is C22H50N6O. The normalized spacial score (nSPS) is 12.9. The molecule has 0 spiro atoms. The van der Waals surface area contributed by atoms with E-state index in [4.69, 9.17) is 11.5 Å². The van der Waals surface area contributed by atoms with Crippen molar-refractivity contribution >= 4 is 5.91 Å². The minimum Gasteiger partial charge on any atom is -0.355 e. The van der Waals surface area contributed by atoms with Crippen LogP contribution in [0.4, 0.5) is 0 Å². The first-order valence-corrected chi connectivity index (χ1v) is 11.7. The number of hydrogen-bond acceptors (Lipinski definition) is 6. The molecule has 0 aromatic heterocycles. The van der Waals surface area contributed by atoms with Crippen LogP contribution in [-0.4, -0.2) is 64.3 Å². The van der Waals surface area contributed by atoms with E-state index in [0.29, 0.717) is 12.0 Å². The van der Waals surface area contributed by atoms with Crippen molar-refractivity contribution < 1.29 is 4.79 Å². The third-order valence-corrected chi connectivity index (χ3v) is 4.85. The summed E-state index contributed by atoms with van der Waals surface area (Å²) in [5.74, 6) is -0.0192. The van der Waals surface area contributed by atoms with E-state index < -0.39 is 0 Å². The molecule has 0 fully saturated rings. The van der Waals surface area contributed by atoms with Crippen molar-refractivity contribution in [2.75, 3.05) is 52.4 Å². The van der Waals surface area contributed by atoms with Gasteiger partial charge in [-0.2, -0.15) is 0 Å². The zero-order valence-electron chi connectivity index (χ0n) is 19.5. The van der Waals surface area contributed by atoms with Crippen LogP contribution in [-0.2, 0) is 4.79 Å². The van der Waals surface area contributed by atoms with Crippen molar-refractivity contribution in [2.24, 2.45) is 16.9 Å². The second-order valence-electron chi connectivity index (χ2n) is 9.16. The SMILES string of the molecule is CC(C)(C)CCNCCCCC(N)C(=O)NCCCNCCCCNCCCN. The monoisotopic (exact) mass is 414 g/mol. The van der Waals surface area contributed by atoms with Gasteiger partial charge in [-0.25, -0.2) is 0 Å². The standard InChI is InChI=1S/C22H50N6O/c1-22(2,3)11-19-27-13-5-4-10-20(24)21(29)28-18-9-17-26-15-7-6-14-25-16-8-12-23/h20,25-27H,4-19,23-24H2,1-3H3,(H,28,29). The maximum absolute atomic E-state index is 12.0. The summed E-state index contributed by atoms with van der Waals surface area (Å²) in [5, 5.41) is 13.2. The summed E-state index contributed by atoms with van der Waals surface area (Å²) in [5.41, 5.74) is 11.8. The zero-order valence-corrected chi connectivity index (χ0v) is 19.5. The molecule has 29 heavy (non-hydrogen) atoms. The molecule has 0 rings (SSSR count). The minimum atomic E-state index is -0.385. The fraction of sp³-hybridized carbons (Fsp3) is 0.955. The average Bonchev–Trinajstić information content (AvgIpc) is 2.66. The second-order valence-corrected chi connectivity index (χ2v) is 9.16. The van der Waals surface area contributed by atoms with E-state index in [9.17, 15) is 4.79 Å². The molecule has 0 saturated carbocycles. The highest BCUT2D eigenvalue weighted by molar-refractivity contribution is 5.81. The number of amides is 1. The van der Waals surface area contributed by atoms with Gasteiger partial charge in [-0.05, 0) is 96.2 Å². The number of carbonyl (C=O) groups is 1. The van der Waals surface area contributed by atoms with Crippen LogP contribution in [0.3, 0.4) is 0 Å². The van der Waals surface area contributed by atoms with Crippen molar-refractivity contribution in [3.8, 4) is 0 Å². The molecule has 1 atom stereocenters. The van der Waals surface area contributed by atoms with Crippen molar-refractivity contribution in [1.29, 1.82) is 0 Å². The topological polar surface area (TPSA) is 117 Å². The minimum absolute atomic E-state index is 0.0192. The van der Waals surface area contributed by atoms with E-state index in [1.54, 1.807) is 0 Å². The summed E-state index contributed by atoms with van der Waals surface area (Å²) in [6.45, 7) is 14.3. The largest absolute Gasteiger partial charge is 0.355 e. The van der Waals surface area contributed by atoms with Crippen molar-refractivity contribution in [1.82, 2.24) is 21.3 Å². The van der Waals surface area contributed by atoms with Gasteiger partial charge in [-0.15, -0.1) is 0 Å². The zero-order chi connectivity index (χ0) is 21.8. The van der Waals surface area contributed by atoms with Gasteiger partial charge in [0, 0.05) is 6.54 Å². The van der Waals surface area contributed by atoms with Crippen LogP contribution >= 0.6 is 0 Å². The van der Waals surface area contributed by atoms with Crippen LogP contribution in [0.25, 0.3) is 0 Å². The van der Waals surface area contributed by atoms with Gasteiger partial charge in [0.15, 0.2) is 0 Å². The molecule has 0 aromatic carbocycles. The molecule has 0 aliphatic carbocycles. The highest BCUT2D eigenvalue weighted by atomic mass is 16.2. The molecular weight excluding hydrogens is 364 g/mol. The smallest absolute Gasteiger partial charge is 0.236 e. The van der Waals surface area contributed by atoms with Crippen LogP contribution in [0.5, 0.6) is 0 Å². The molecule has 8 N–H and O–H groups in total. The number of nitrogens with two attached hydrogens (primary N) is 2. The Bertz CT molecular complexity index is 373. The lowest BCUT2D eigenvalue weighted by Gasteiger charge is -2.18. The molecule has 7 nitrogen and oxygen atoms in total. The van der Waals surface area contributed by atoms with E-state index in [2.05, 4.69) is 42.0 Å². The van der Waals surface area contributed by atoms with Crippen molar-refractivity contribution in [3.63, 3.8) is 0 Å². The van der Waals surface area contributed by atoms with Gasteiger partial charge in [0.2, 0.25) is 5.91 Å². The Morgan fingerprint density at radius 1 is 0.759 bits per heavy atom. The molecule has 0 aliphatic heterocycles. The summed E-state index contributed by atoms with van der Waals surface area (Å²) in [7, 11) is 0. The van der Waals surface area contributed by atoms with E-state index in [1.807, 2.05) is 0 Å². The van der Waals surface area contributed by atoms with Gasteiger partial charge in [-0.3, -0.25) is 4.79 Å². The third kappa shape index (κ3) is 21.8. The van der Waals surface area contributed by atoms with E-state index in [1.165, 1.54) is 12.8 Å². The number of nitrogens with one attached hydrogen (secondary N) is 4. The molecule has 7 heteroatoms. The first-order valence-electron chi connectivity index (χ1n) is 11.7. The van der Waals surface area contributed by atoms with Crippen molar-refractivity contribution in [3.05, 3.63) is 0 Å². The molecule has 1 unspecified atom stereocenters. The summed E-state index contributed by atoms with van der Waals surface area (Å²) >= 11 is 0. The van der Waals surface area contributed by atoms with Crippen LogP contribution in [0.1, 0.15) is 72.1 Å². The molecule has 0 aliphatic rings. The Labute approximate surface area is 179 Å². The quantitative estimate of drug-likeness (QED) is 0.167.